The SMILES string of the molecule is Cc1ccccc1C(C)NC(=O)CSCC(C)(C)N. The fraction of sp³-hybridized carbons (Fsp3) is 0.533. The number of carbonyl (C=O) groups is 1. The van der Waals surface area contributed by atoms with Gasteiger partial charge in [-0.3, -0.25) is 4.79 Å². The lowest BCUT2D eigenvalue weighted by Crippen LogP contribution is -2.36. The molecule has 3 nitrogen and oxygen atoms in total. The van der Waals surface area contributed by atoms with E-state index in [1.807, 2.05) is 32.9 Å². The monoisotopic (exact) mass is 280 g/mol. The summed E-state index contributed by atoms with van der Waals surface area (Å²) in [5, 5.41) is 3.02. The molecular weight excluding hydrogens is 256 g/mol. The van der Waals surface area contributed by atoms with Gasteiger partial charge >= 0.3 is 0 Å². The lowest BCUT2D eigenvalue weighted by atomic mass is 10.0. The normalized spacial score (nSPS) is 13.1. The van der Waals surface area contributed by atoms with Crippen molar-refractivity contribution in [2.24, 2.45) is 5.73 Å². The second-order valence-corrected chi connectivity index (χ2v) is 6.61. The van der Waals surface area contributed by atoms with E-state index in [0.717, 1.165) is 5.75 Å². The first kappa shape index (κ1) is 16.1. The van der Waals surface area contributed by atoms with Gasteiger partial charge in [-0.1, -0.05) is 24.3 Å². The van der Waals surface area contributed by atoms with Crippen molar-refractivity contribution in [3.63, 3.8) is 0 Å². The van der Waals surface area contributed by atoms with Crippen LogP contribution < -0.4 is 11.1 Å². The fourth-order valence-electron chi connectivity index (χ4n) is 1.84. The maximum atomic E-state index is 11.9. The van der Waals surface area contributed by atoms with Crippen molar-refractivity contribution in [1.82, 2.24) is 5.32 Å². The van der Waals surface area contributed by atoms with E-state index in [2.05, 4.69) is 24.4 Å². The largest absolute Gasteiger partial charge is 0.349 e. The summed E-state index contributed by atoms with van der Waals surface area (Å²) >= 11 is 1.57. The van der Waals surface area contributed by atoms with E-state index in [4.69, 9.17) is 5.73 Å². The minimum Gasteiger partial charge on any atom is -0.349 e. The second kappa shape index (κ2) is 6.96. The van der Waals surface area contributed by atoms with Gasteiger partial charge in [0.1, 0.15) is 0 Å². The van der Waals surface area contributed by atoms with E-state index in [1.165, 1.54) is 11.1 Å². The molecule has 1 atom stereocenters. The van der Waals surface area contributed by atoms with Crippen molar-refractivity contribution >= 4 is 17.7 Å². The van der Waals surface area contributed by atoms with Gasteiger partial charge in [-0.25, -0.2) is 0 Å². The van der Waals surface area contributed by atoms with Crippen LogP contribution in [0.25, 0.3) is 0 Å². The lowest BCUT2D eigenvalue weighted by Gasteiger charge is -2.19. The summed E-state index contributed by atoms with van der Waals surface area (Å²) in [6.07, 6.45) is 0. The maximum Gasteiger partial charge on any atom is 0.230 e. The molecule has 0 aliphatic heterocycles. The Labute approximate surface area is 120 Å². The highest BCUT2D eigenvalue weighted by molar-refractivity contribution is 8.00. The number of rotatable bonds is 6. The zero-order valence-corrected chi connectivity index (χ0v) is 13.0. The molecule has 0 aromatic heterocycles. The third-order valence-corrected chi connectivity index (χ3v) is 4.15. The van der Waals surface area contributed by atoms with Gasteiger partial charge in [-0.2, -0.15) is 11.8 Å². The molecule has 1 aromatic rings. The average molecular weight is 280 g/mol. The van der Waals surface area contributed by atoms with Crippen LogP contribution in [0.2, 0.25) is 0 Å². The summed E-state index contributed by atoms with van der Waals surface area (Å²) in [5.41, 5.74) is 8.02. The van der Waals surface area contributed by atoms with Gasteiger partial charge in [-0.15, -0.1) is 0 Å². The first-order valence-electron chi connectivity index (χ1n) is 6.51. The summed E-state index contributed by atoms with van der Waals surface area (Å²) < 4.78 is 0. The van der Waals surface area contributed by atoms with Crippen molar-refractivity contribution in [2.45, 2.75) is 39.3 Å². The van der Waals surface area contributed by atoms with Gasteiger partial charge in [0, 0.05) is 11.3 Å². The second-order valence-electron chi connectivity index (χ2n) is 5.63. The molecule has 0 fully saturated rings. The van der Waals surface area contributed by atoms with E-state index in [0.29, 0.717) is 5.75 Å². The molecule has 4 heteroatoms. The molecule has 0 heterocycles. The minimum atomic E-state index is -0.230. The summed E-state index contributed by atoms with van der Waals surface area (Å²) in [6.45, 7) is 8.00. The standard InChI is InChI=1S/C15H24N2OS/c1-11-7-5-6-8-13(11)12(2)17-14(18)9-19-10-15(3,4)16/h5-8,12H,9-10,16H2,1-4H3,(H,17,18). The lowest BCUT2D eigenvalue weighted by molar-refractivity contribution is -0.119. The van der Waals surface area contributed by atoms with Crippen LogP contribution in [0.3, 0.4) is 0 Å². The number of hydrogen-bond acceptors (Lipinski definition) is 3. The minimum absolute atomic E-state index is 0.0418. The van der Waals surface area contributed by atoms with E-state index < -0.39 is 0 Å². The van der Waals surface area contributed by atoms with Crippen molar-refractivity contribution in [1.29, 1.82) is 0 Å². The highest BCUT2D eigenvalue weighted by Gasteiger charge is 2.14. The van der Waals surface area contributed by atoms with Crippen LogP contribution in [0.5, 0.6) is 0 Å². The smallest absolute Gasteiger partial charge is 0.230 e. The van der Waals surface area contributed by atoms with Crippen molar-refractivity contribution in [3.05, 3.63) is 35.4 Å². The van der Waals surface area contributed by atoms with E-state index >= 15 is 0 Å². The number of benzene rings is 1. The predicted molar refractivity (Wildman–Crippen MR) is 83.3 cm³/mol. The zero-order valence-electron chi connectivity index (χ0n) is 12.2. The molecule has 1 amide bonds. The Bertz CT molecular complexity index is 426. The molecule has 1 aromatic carbocycles. The summed E-state index contributed by atoms with van der Waals surface area (Å²) in [5.74, 6) is 1.29. The molecule has 0 bridgehead atoms. The van der Waals surface area contributed by atoms with E-state index in [9.17, 15) is 4.79 Å². The van der Waals surface area contributed by atoms with Crippen LogP contribution >= 0.6 is 11.8 Å². The molecule has 1 unspecified atom stereocenters. The molecule has 1 rings (SSSR count). The average Bonchev–Trinajstić information content (AvgIpc) is 2.27. The number of nitrogens with two attached hydrogens (primary N) is 1. The summed E-state index contributed by atoms with van der Waals surface area (Å²) in [7, 11) is 0. The first-order valence-corrected chi connectivity index (χ1v) is 7.66. The Morgan fingerprint density at radius 3 is 2.63 bits per heavy atom. The Morgan fingerprint density at radius 1 is 1.42 bits per heavy atom. The zero-order chi connectivity index (χ0) is 14.5. The molecule has 0 aliphatic carbocycles. The highest BCUT2D eigenvalue weighted by atomic mass is 32.2. The predicted octanol–water partition coefficient (Wildman–Crippen LogP) is 2.64. The van der Waals surface area contributed by atoms with Gasteiger partial charge in [0.05, 0.1) is 11.8 Å². The van der Waals surface area contributed by atoms with Gasteiger partial charge in [0.2, 0.25) is 5.91 Å². The Balaban J connectivity index is 2.43. The number of thioether (sulfide) groups is 1. The number of amides is 1. The molecule has 0 saturated heterocycles. The molecule has 106 valence electrons. The Kier molecular flexibility index (Phi) is 5.88. The van der Waals surface area contributed by atoms with Crippen molar-refractivity contribution in [3.8, 4) is 0 Å². The van der Waals surface area contributed by atoms with Gasteiger partial charge in [0.25, 0.3) is 0 Å². The molecule has 3 N–H and O–H groups in total. The fourth-order valence-corrected chi connectivity index (χ4v) is 2.74. The van der Waals surface area contributed by atoms with Crippen LogP contribution in [-0.4, -0.2) is 23.0 Å². The van der Waals surface area contributed by atoms with Crippen LogP contribution in [0.15, 0.2) is 24.3 Å². The van der Waals surface area contributed by atoms with E-state index in [-0.39, 0.29) is 17.5 Å². The van der Waals surface area contributed by atoms with Gasteiger partial charge < -0.3 is 11.1 Å². The number of nitrogens with one attached hydrogen (secondary N) is 1. The van der Waals surface area contributed by atoms with Crippen LogP contribution in [0.4, 0.5) is 0 Å². The molecule has 0 aliphatic rings. The molecule has 19 heavy (non-hydrogen) atoms. The van der Waals surface area contributed by atoms with Crippen LogP contribution in [-0.2, 0) is 4.79 Å². The van der Waals surface area contributed by atoms with Gasteiger partial charge in [-0.05, 0) is 38.8 Å². The van der Waals surface area contributed by atoms with Crippen molar-refractivity contribution < 1.29 is 4.79 Å². The van der Waals surface area contributed by atoms with Crippen LogP contribution in [0.1, 0.15) is 37.9 Å². The summed E-state index contributed by atoms with van der Waals surface area (Å²) in [4.78, 5) is 11.9. The molecule has 0 radical (unpaired) electrons. The number of hydrogen-bond donors (Lipinski definition) is 2. The highest BCUT2D eigenvalue weighted by Crippen LogP contribution is 2.17. The molecular formula is C15H24N2OS. The number of aryl methyl sites for hydroxylation is 1. The maximum absolute atomic E-state index is 11.9. The Hall–Kier alpha value is -1.000. The third kappa shape index (κ3) is 6.12. The van der Waals surface area contributed by atoms with E-state index in [1.54, 1.807) is 11.8 Å². The number of carbonyl (C=O) groups excluding carboxylic acids is 1. The third-order valence-electron chi connectivity index (χ3n) is 2.74. The topological polar surface area (TPSA) is 55.1 Å². The van der Waals surface area contributed by atoms with Gasteiger partial charge in [0.15, 0.2) is 0 Å². The molecule has 0 saturated carbocycles. The van der Waals surface area contributed by atoms with Crippen molar-refractivity contribution in [2.75, 3.05) is 11.5 Å². The molecule has 0 spiro atoms. The quantitative estimate of drug-likeness (QED) is 0.842. The van der Waals surface area contributed by atoms with Crippen LogP contribution in [0, 0.1) is 6.92 Å². The Morgan fingerprint density at radius 2 is 2.05 bits per heavy atom. The summed E-state index contributed by atoms with van der Waals surface area (Å²) in [6, 6.07) is 8.16. The first-order chi connectivity index (χ1) is 8.79.